The van der Waals surface area contributed by atoms with E-state index in [2.05, 4.69) is 5.32 Å². The van der Waals surface area contributed by atoms with Crippen molar-refractivity contribution in [3.05, 3.63) is 23.8 Å². The molecule has 0 aliphatic carbocycles. The first-order valence-electron chi connectivity index (χ1n) is 6.62. The summed E-state index contributed by atoms with van der Waals surface area (Å²) in [6.07, 6.45) is 1.40. The molecule has 1 aromatic carbocycles. The minimum Gasteiger partial charge on any atom is -0.486 e. The van der Waals surface area contributed by atoms with Crippen molar-refractivity contribution >= 4 is 18.3 Å². The smallest absolute Gasteiger partial charge is 0.236 e. The Labute approximate surface area is 125 Å². The van der Waals surface area contributed by atoms with Gasteiger partial charge in [0.2, 0.25) is 5.91 Å². The molecule has 1 aliphatic rings. The average Bonchev–Trinajstić information content (AvgIpc) is 2.46. The van der Waals surface area contributed by atoms with Crippen molar-refractivity contribution in [3.63, 3.8) is 0 Å². The molecule has 1 aromatic rings. The Morgan fingerprint density at radius 2 is 2.05 bits per heavy atom. The predicted molar refractivity (Wildman–Crippen MR) is 79.7 cm³/mol. The number of nitrogens with two attached hydrogens (primary N) is 1. The molecule has 20 heavy (non-hydrogen) atoms. The Hall–Kier alpha value is -1.46. The summed E-state index contributed by atoms with van der Waals surface area (Å²) in [7, 11) is 0. The number of nitrogens with one attached hydrogen (secondary N) is 1. The van der Waals surface area contributed by atoms with Crippen molar-refractivity contribution in [2.24, 2.45) is 5.73 Å². The molecular weight excluding hydrogens is 280 g/mol. The molecule has 0 unspecified atom stereocenters. The second kappa shape index (κ2) is 7.97. The monoisotopic (exact) mass is 300 g/mol. The highest BCUT2D eigenvalue weighted by Gasteiger charge is 2.12. The molecule has 3 N–H and O–H groups in total. The van der Waals surface area contributed by atoms with Gasteiger partial charge in [0.15, 0.2) is 11.5 Å². The zero-order valence-corrected chi connectivity index (χ0v) is 12.4. The number of hydrogen-bond donors (Lipinski definition) is 2. The fraction of sp³-hybridized carbons (Fsp3) is 0.500. The molecule has 1 amide bonds. The zero-order chi connectivity index (χ0) is 13.7. The summed E-state index contributed by atoms with van der Waals surface area (Å²) in [4.78, 5) is 11.5. The summed E-state index contributed by atoms with van der Waals surface area (Å²) >= 11 is 0. The van der Waals surface area contributed by atoms with Crippen LogP contribution in [0.3, 0.4) is 0 Å². The van der Waals surface area contributed by atoms with Crippen molar-refractivity contribution in [2.75, 3.05) is 19.8 Å². The molecule has 112 valence electrons. The lowest BCUT2D eigenvalue weighted by Gasteiger charge is -2.19. The number of ether oxygens (including phenoxy) is 2. The van der Waals surface area contributed by atoms with E-state index in [1.165, 1.54) is 0 Å². The topological polar surface area (TPSA) is 73.6 Å². The molecule has 0 fully saturated rings. The second-order valence-electron chi connectivity index (χ2n) is 4.53. The Bertz CT molecular complexity index is 454. The van der Waals surface area contributed by atoms with Crippen LogP contribution in [0.25, 0.3) is 0 Å². The van der Waals surface area contributed by atoms with Crippen LogP contribution in [0, 0.1) is 0 Å². The molecule has 1 atom stereocenters. The van der Waals surface area contributed by atoms with Crippen LogP contribution >= 0.6 is 12.4 Å². The Morgan fingerprint density at radius 1 is 1.35 bits per heavy atom. The van der Waals surface area contributed by atoms with Gasteiger partial charge in [-0.1, -0.05) is 13.0 Å². The zero-order valence-electron chi connectivity index (χ0n) is 11.6. The molecule has 1 aliphatic heterocycles. The largest absolute Gasteiger partial charge is 0.486 e. The lowest BCUT2D eigenvalue weighted by atomic mass is 10.1. The van der Waals surface area contributed by atoms with Crippen LogP contribution in [-0.2, 0) is 11.2 Å². The fourth-order valence-corrected chi connectivity index (χ4v) is 1.89. The van der Waals surface area contributed by atoms with Gasteiger partial charge in [-0.15, -0.1) is 12.4 Å². The van der Waals surface area contributed by atoms with Crippen molar-refractivity contribution < 1.29 is 14.3 Å². The standard InChI is InChI=1S/C14H20N2O3.ClH/c1-2-11(15)14(17)16-6-5-10-3-4-12-13(9-10)19-8-7-18-12;/h3-4,9,11H,2,5-8,15H2,1H3,(H,16,17);1H/t11-;/m0./s1. The van der Waals surface area contributed by atoms with E-state index in [1.807, 2.05) is 25.1 Å². The third-order valence-electron chi connectivity index (χ3n) is 3.10. The van der Waals surface area contributed by atoms with Crippen LogP contribution < -0.4 is 20.5 Å². The minimum atomic E-state index is -0.416. The second-order valence-corrected chi connectivity index (χ2v) is 4.53. The molecule has 0 aromatic heterocycles. The van der Waals surface area contributed by atoms with Crippen LogP contribution in [-0.4, -0.2) is 31.7 Å². The maximum Gasteiger partial charge on any atom is 0.236 e. The molecule has 0 spiro atoms. The van der Waals surface area contributed by atoms with Gasteiger partial charge in [0, 0.05) is 6.54 Å². The first-order valence-corrected chi connectivity index (χ1v) is 6.62. The van der Waals surface area contributed by atoms with Gasteiger partial charge in [0.1, 0.15) is 13.2 Å². The summed E-state index contributed by atoms with van der Waals surface area (Å²) < 4.78 is 11.0. The number of hydrogen-bond acceptors (Lipinski definition) is 4. The molecule has 0 radical (unpaired) electrons. The number of fused-ring (bicyclic) bond motifs is 1. The number of carbonyl (C=O) groups excluding carboxylic acids is 1. The Morgan fingerprint density at radius 3 is 2.75 bits per heavy atom. The molecule has 0 bridgehead atoms. The lowest BCUT2D eigenvalue weighted by molar-refractivity contribution is -0.122. The van der Waals surface area contributed by atoms with Crippen molar-refractivity contribution in [3.8, 4) is 11.5 Å². The molecule has 0 saturated carbocycles. The Balaban J connectivity index is 0.00000200. The summed E-state index contributed by atoms with van der Waals surface area (Å²) in [5.74, 6) is 1.47. The van der Waals surface area contributed by atoms with E-state index in [4.69, 9.17) is 15.2 Å². The molecule has 1 heterocycles. The summed E-state index contributed by atoms with van der Waals surface area (Å²) in [5, 5.41) is 2.83. The van der Waals surface area contributed by atoms with Crippen LogP contribution in [0.4, 0.5) is 0 Å². The van der Waals surface area contributed by atoms with Gasteiger partial charge in [-0.25, -0.2) is 0 Å². The quantitative estimate of drug-likeness (QED) is 0.859. The van der Waals surface area contributed by atoms with E-state index >= 15 is 0 Å². The highest BCUT2D eigenvalue weighted by Crippen LogP contribution is 2.30. The van der Waals surface area contributed by atoms with Gasteiger partial charge in [-0.05, 0) is 30.5 Å². The SMILES string of the molecule is CC[C@H](N)C(=O)NCCc1ccc2c(c1)OCCO2.Cl. The van der Waals surface area contributed by atoms with E-state index in [-0.39, 0.29) is 18.3 Å². The first-order chi connectivity index (χ1) is 9.20. The number of halogens is 1. The van der Waals surface area contributed by atoms with Gasteiger partial charge >= 0.3 is 0 Å². The maximum absolute atomic E-state index is 11.5. The van der Waals surface area contributed by atoms with Gasteiger partial charge in [-0.2, -0.15) is 0 Å². The van der Waals surface area contributed by atoms with Crippen LogP contribution in [0.5, 0.6) is 11.5 Å². The van der Waals surface area contributed by atoms with E-state index in [0.29, 0.717) is 26.2 Å². The van der Waals surface area contributed by atoms with Gasteiger partial charge in [-0.3, -0.25) is 4.79 Å². The van der Waals surface area contributed by atoms with Gasteiger partial charge in [0.05, 0.1) is 6.04 Å². The molecule has 2 rings (SSSR count). The number of amides is 1. The van der Waals surface area contributed by atoms with Crippen LogP contribution in [0.2, 0.25) is 0 Å². The number of benzene rings is 1. The first kappa shape index (κ1) is 16.6. The van der Waals surface area contributed by atoms with Gasteiger partial charge in [0.25, 0.3) is 0 Å². The fourth-order valence-electron chi connectivity index (χ4n) is 1.89. The van der Waals surface area contributed by atoms with Crippen LogP contribution in [0.15, 0.2) is 18.2 Å². The van der Waals surface area contributed by atoms with E-state index in [1.54, 1.807) is 0 Å². The lowest BCUT2D eigenvalue weighted by Crippen LogP contribution is -2.40. The molecule has 6 heteroatoms. The Kier molecular flexibility index (Phi) is 6.61. The summed E-state index contributed by atoms with van der Waals surface area (Å²) in [6.45, 7) is 3.65. The highest BCUT2D eigenvalue weighted by molar-refractivity contribution is 5.85. The predicted octanol–water partition coefficient (Wildman–Crippen LogP) is 1.28. The molecular formula is C14H21ClN2O3. The van der Waals surface area contributed by atoms with Crippen molar-refractivity contribution in [1.82, 2.24) is 5.32 Å². The maximum atomic E-state index is 11.5. The average molecular weight is 301 g/mol. The van der Waals surface area contributed by atoms with Gasteiger partial charge < -0.3 is 20.5 Å². The number of rotatable bonds is 5. The normalized spacial score (nSPS) is 14.1. The third kappa shape index (κ3) is 4.28. The van der Waals surface area contributed by atoms with E-state index in [9.17, 15) is 4.79 Å². The summed E-state index contributed by atoms with van der Waals surface area (Å²) in [6, 6.07) is 5.43. The van der Waals surface area contributed by atoms with E-state index < -0.39 is 6.04 Å². The van der Waals surface area contributed by atoms with E-state index in [0.717, 1.165) is 23.5 Å². The van der Waals surface area contributed by atoms with Crippen molar-refractivity contribution in [2.45, 2.75) is 25.8 Å². The molecule has 5 nitrogen and oxygen atoms in total. The van der Waals surface area contributed by atoms with Crippen LogP contribution in [0.1, 0.15) is 18.9 Å². The molecule has 0 saturated heterocycles. The number of carbonyl (C=O) groups is 1. The minimum absolute atomic E-state index is 0. The highest BCUT2D eigenvalue weighted by atomic mass is 35.5. The third-order valence-corrected chi connectivity index (χ3v) is 3.10. The summed E-state index contributed by atoms with van der Waals surface area (Å²) in [5.41, 5.74) is 6.74. The van der Waals surface area contributed by atoms with Crippen molar-refractivity contribution in [1.29, 1.82) is 0 Å².